The highest BCUT2D eigenvalue weighted by Crippen LogP contribution is 2.12. The first-order valence-electron chi connectivity index (χ1n) is 5.74. The van der Waals surface area contributed by atoms with E-state index in [0.29, 0.717) is 0 Å². The van der Waals surface area contributed by atoms with Gasteiger partial charge in [0.25, 0.3) is 5.22 Å². The molecule has 1 rings (SSSR count). The van der Waals surface area contributed by atoms with Crippen LogP contribution in [0, 0.1) is 0 Å². The summed E-state index contributed by atoms with van der Waals surface area (Å²) in [6.07, 6.45) is 5.61. The Morgan fingerprint density at radius 2 is 2.38 bits per heavy atom. The molecule has 1 heterocycles. The maximum atomic E-state index is 5.43. The van der Waals surface area contributed by atoms with Crippen molar-refractivity contribution in [1.29, 1.82) is 0 Å². The van der Waals surface area contributed by atoms with Crippen LogP contribution in [0.1, 0.15) is 19.8 Å². The molecule has 0 saturated heterocycles. The van der Waals surface area contributed by atoms with E-state index in [9.17, 15) is 0 Å². The Bertz CT molecular complexity index is 242. The molecule has 0 aliphatic carbocycles. The summed E-state index contributed by atoms with van der Waals surface area (Å²) < 4.78 is 10.5. The highest BCUT2D eigenvalue weighted by atomic mass is 32.2. The molecule has 0 aliphatic rings. The first-order valence-corrected chi connectivity index (χ1v) is 6.72. The lowest BCUT2D eigenvalue weighted by molar-refractivity contribution is 0.133. The number of hydrogen-bond acceptors (Lipinski definition) is 5. The highest BCUT2D eigenvalue weighted by molar-refractivity contribution is 7.99. The lowest BCUT2D eigenvalue weighted by Gasteiger charge is -2.04. The molecule has 0 aromatic carbocycles. The van der Waals surface area contributed by atoms with Crippen molar-refractivity contribution in [1.82, 2.24) is 10.3 Å². The molecule has 1 aromatic rings. The summed E-state index contributed by atoms with van der Waals surface area (Å²) >= 11 is 1.62. The summed E-state index contributed by atoms with van der Waals surface area (Å²) in [6.45, 7) is 5.70. The highest BCUT2D eigenvalue weighted by Gasteiger charge is 1.96. The van der Waals surface area contributed by atoms with Crippen molar-refractivity contribution in [3.63, 3.8) is 0 Å². The Hall–Kier alpha value is -0.520. The molecule has 0 spiro atoms. The Labute approximate surface area is 101 Å². The van der Waals surface area contributed by atoms with Gasteiger partial charge in [-0.2, -0.15) is 0 Å². The van der Waals surface area contributed by atoms with Crippen LogP contribution < -0.4 is 5.32 Å². The number of rotatable bonds is 10. The number of nitrogens with one attached hydrogen (secondary N) is 1. The second-order valence-electron chi connectivity index (χ2n) is 3.36. The largest absolute Gasteiger partial charge is 0.440 e. The van der Waals surface area contributed by atoms with E-state index in [-0.39, 0.29) is 0 Å². The van der Waals surface area contributed by atoms with Gasteiger partial charge in [0.15, 0.2) is 0 Å². The lowest BCUT2D eigenvalue weighted by atomic mass is 10.4. The van der Waals surface area contributed by atoms with E-state index in [0.717, 1.165) is 43.7 Å². The summed E-state index contributed by atoms with van der Waals surface area (Å²) in [7, 11) is 0. The van der Waals surface area contributed by atoms with E-state index in [2.05, 4.69) is 17.2 Å². The number of hydrogen-bond donors (Lipinski definition) is 1. The van der Waals surface area contributed by atoms with E-state index in [1.807, 2.05) is 0 Å². The van der Waals surface area contributed by atoms with E-state index < -0.39 is 0 Å². The normalized spacial score (nSPS) is 10.8. The maximum Gasteiger partial charge on any atom is 0.255 e. The molecular formula is C11H20N2O2S. The van der Waals surface area contributed by atoms with Crippen LogP contribution in [0.4, 0.5) is 0 Å². The second kappa shape index (κ2) is 9.69. The van der Waals surface area contributed by atoms with Crippen LogP contribution in [0.3, 0.4) is 0 Å². The molecule has 16 heavy (non-hydrogen) atoms. The minimum absolute atomic E-state index is 0.737. The molecule has 1 N–H and O–H groups in total. The fraction of sp³-hybridized carbons (Fsp3) is 0.727. The molecule has 0 atom stereocenters. The number of unbranched alkanes of at least 4 members (excludes halogenated alkanes) is 1. The van der Waals surface area contributed by atoms with Gasteiger partial charge in [-0.3, -0.25) is 0 Å². The third-order valence-corrected chi connectivity index (χ3v) is 2.84. The Kier molecular flexibility index (Phi) is 8.20. The van der Waals surface area contributed by atoms with Crippen LogP contribution in [0.15, 0.2) is 22.1 Å². The van der Waals surface area contributed by atoms with Gasteiger partial charge in [0.2, 0.25) is 0 Å². The Morgan fingerprint density at radius 1 is 1.44 bits per heavy atom. The van der Waals surface area contributed by atoms with E-state index in [1.165, 1.54) is 6.42 Å². The molecule has 0 fully saturated rings. The lowest BCUT2D eigenvalue weighted by Crippen LogP contribution is -2.22. The molecule has 0 amide bonds. The van der Waals surface area contributed by atoms with Crippen molar-refractivity contribution in [3.05, 3.63) is 12.5 Å². The van der Waals surface area contributed by atoms with Crippen LogP contribution in [-0.4, -0.2) is 37.0 Å². The summed E-state index contributed by atoms with van der Waals surface area (Å²) in [6, 6.07) is 0. The van der Waals surface area contributed by atoms with E-state index in [1.54, 1.807) is 24.2 Å². The molecule has 0 saturated carbocycles. The molecule has 0 aliphatic heterocycles. The fourth-order valence-corrected chi connectivity index (χ4v) is 1.79. The molecular weight excluding hydrogens is 224 g/mol. The molecule has 0 unspecified atom stereocenters. The van der Waals surface area contributed by atoms with Crippen molar-refractivity contribution in [2.24, 2.45) is 0 Å². The number of nitrogens with zero attached hydrogens (tertiary/aromatic N) is 1. The van der Waals surface area contributed by atoms with Crippen molar-refractivity contribution in [3.8, 4) is 0 Å². The van der Waals surface area contributed by atoms with E-state index in [4.69, 9.17) is 9.15 Å². The minimum Gasteiger partial charge on any atom is -0.440 e. The number of ether oxygens (including phenoxy) is 1. The molecule has 0 radical (unpaired) electrons. The number of aromatic nitrogens is 1. The van der Waals surface area contributed by atoms with Gasteiger partial charge in [0.1, 0.15) is 6.26 Å². The predicted molar refractivity (Wildman–Crippen MR) is 65.8 cm³/mol. The standard InChI is InChI=1S/C11H20N2O2S/c1-2-3-7-14-8-4-12-6-10-16-11-13-5-9-15-11/h5,9,12H,2-4,6-8,10H2,1H3. The van der Waals surface area contributed by atoms with Gasteiger partial charge in [0, 0.05) is 25.4 Å². The van der Waals surface area contributed by atoms with Gasteiger partial charge >= 0.3 is 0 Å². The fourth-order valence-electron chi connectivity index (χ4n) is 1.11. The van der Waals surface area contributed by atoms with Crippen LogP contribution >= 0.6 is 11.8 Å². The van der Waals surface area contributed by atoms with Gasteiger partial charge in [-0.25, -0.2) is 4.98 Å². The number of thioether (sulfide) groups is 1. The third-order valence-electron chi connectivity index (χ3n) is 1.98. The predicted octanol–water partition coefficient (Wildman–Crippen LogP) is 2.17. The molecule has 4 nitrogen and oxygen atoms in total. The number of oxazole rings is 1. The maximum absolute atomic E-state index is 5.43. The topological polar surface area (TPSA) is 47.3 Å². The summed E-state index contributed by atoms with van der Waals surface area (Å²) in [5.74, 6) is 0.968. The van der Waals surface area contributed by atoms with Crippen LogP contribution in [0.25, 0.3) is 0 Å². The molecule has 0 bridgehead atoms. The third kappa shape index (κ3) is 6.87. The van der Waals surface area contributed by atoms with E-state index >= 15 is 0 Å². The van der Waals surface area contributed by atoms with Crippen LogP contribution in [0.2, 0.25) is 0 Å². The van der Waals surface area contributed by atoms with Crippen molar-refractivity contribution < 1.29 is 9.15 Å². The SMILES string of the molecule is CCCCOCCNCCSc1ncco1. The van der Waals surface area contributed by atoms with Gasteiger partial charge in [-0.15, -0.1) is 0 Å². The van der Waals surface area contributed by atoms with Crippen molar-refractivity contribution in [2.45, 2.75) is 25.0 Å². The van der Waals surface area contributed by atoms with Crippen LogP contribution in [-0.2, 0) is 4.74 Å². The quantitative estimate of drug-likeness (QED) is 0.505. The average Bonchev–Trinajstić information content (AvgIpc) is 2.80. The van der Waals surface area contributed by atoms with Gasteiger partial charge in [0.05, 0.1) is 12.8 Å². The zero-order valence-electron chi connectivity index (χ0n) is 9.78. The molecule has 1 aromatic heterocycles. The summed E-state index contributed by atoms with van der Waals surface area (Å²) in [5, 5.41) is 4.05. The van der Waals surface area contributed by atoms with Crippen molar-refractivity contribution in [2.75, 3.05) is 32.1 Å². The van der Waals surface area contributed by atoms with Gasteiger partial charge < -0.3 is 14.5 Å². The minimum atomic E-state index is 0.737. The average molecular weight is 244 g/mol. The Balaban J connectivity index is 1.78. The van der Waals surface area contributed by atoms with Gasteiger partial charge in [-0.1, -0.05) is 25.1 Å². The second-order valence-corrected chi connectivity index (χ2v) is 4.41. The summed E-state index contributed by atoms with van der Waals surface area (Å²) in [5.41, 5.74) is 0. The molecule has 92 valence electrons. The smallest absolute Gasteiger partial charge is 0.255 e. The summed E-state index contributed by atoms with van der Waals surface area (Å²) in [4.78, 5) is 4.03. The first-order chi connectivity index (χ1) is 7.93. The van der Waals surface area contributed by atoms with Gasteiger partial charge in [-0.05, 0) is 6.42 Å². The first kappa shape index (κ1) is 13.5. The zero-order valence-corrected chi connectivity index (χ0v) is 10.6. The Morgan fingerprint density at radius 3 is 3.12 bits per heavy atom. The monoisotopic (exact) mass is 244 g/mol. The molecule has 5 heteroatoms. The van der Waals surface area contributed by atoms with Crippen LogP contribution in [0.5, 0.6) is 0 Å². The zero-order chi connectivity index (χ0) is 11.5. The van der Waals surface area contributed by atoms with Crippen molar-refractivity contribution >= 4 is 11.8 Å².